The predicted octanol–water partition coefficient (Wildman–Crippen LogP) is 0.870. The van der Waals surface area contributed by atoms with E-state index in [-0.39, 0.29) is 11.9 Å². The molecule has 0 aliphatic carbocycles. The first-order valence-corrected chi connectivity index (χ1v) is 6.29. The summed E-state index contributed by atoms with van der Waals surface area (Å²) >= 11 is 0. The van der Waals surface area contributed by atoms with Gasteiger partial charge in [-0.1, -0.05) is 6.92 Å². The Hall–Kier alpha value is -0.130. The Labute approximate surface area is 80.5 Å². The summed E-state index contributed by atoms with van der Waals surface area (Å²) in [5, 5.41) is 4.84. The minimum Gasteiger partial charge on any atom is -0.379 e. The Bertz CT molecular complexity index is 213. The highest BCUT2D eigenvalue weighted by atomic mass is 32.2. The van der Waals surface area contributed by atoms with Crippen molar-refractivity contribution in [1.82, 2.24) is 0 Å². The third-order valence-electron chi connectivity index (χ3n) is 1.80. The zero-order chi connectivity index (χ0) is 10.3. The van der Waals surface area contributed by atoms with Crippen LogP contribution in [-0.2, 0) is 14.8 Å². The molecule has 0 bridgehead atoms. The summed E-state index contributed by atoms with van der Waals surface area (Å²) in [5.74, 6) is 0.0524. The van der Waals surface area contributed by atoms with Crippen LogP contribution >= 0.6 is 0 Å². The van der Waals surface area contributed by atoms with E-state index < -0.39 is 10.0 Å². The van der Waals surface area contributed by atoms with Gasteiger partial charge in [0.25, 0.3) is 0 Å². The predicted molar refractivity (Wildman–Crippen MR) is 52.9 cm³/mol. The van der Waals surface area contributed by atoms with Gasteiger partial charge in [0.2, 0.25) is 10.0 Å². The largest absolute Gasteiger partial charge is 0.379 e. The molecule has 0 aromatic rings. The fraction of sp³-hybridized carbons (Fsp3) is 1.00. The van der Waals surface area contributed by atoms with E-state index in [1.54, 1.807) is 0 Å². The molecule has 0 aliphatic heterocycles. The smallest absolute Gasteiger partial charge is 0.209 e. The van der Waals surface area contributed by atoms with E-state index in [1.165, 1.54) is 0 Å². The second kappa shape index (κ2) is 6.34. The van der Waals surface area contributed by atoms with Crippen molar-refractivity contribution in [2.45, 2.75) is 39.2 Å². The topological polar surface area (TPSA) is 69.4 Å². The number of ether oxygens (including phenoxy) is 1. The Morgan fingerprint density at radius 1 is 1.38 bits per heavy atom. The van der Waals surface area contributed by atoms with E-state index in [0.717, 1.165) is 12.8 Å². The van der Waals surface area contributed by atoms with E-state index in [0.29, 0.717) is 13.0 Å². The minimum atomic E-state index is -3.29. The molecule has 0 spiro atoms. The van der Waals surface area contributed by atoms with Crippen LogP contribution in [-0.4, -0.2) is 26.9 Å². The zero-order valence-electron chi connectivity index (χ0n) is 8.32. The van der Waals surface area contributed by atoms with Gasteiger partial charge in [0, 0.05) is 6.61 Å². The minimum absolute atomic E-state index is 0.0524. The molecule has 0 saturated carbocycles. The maximum Gasteiger partial charge on any atom is 0.209 e. The molecule has 0 rings (SSSR count). The third kappa shape index (κ3) is 9.79. The van der Waals surface area contributed by atoms with Gasteiger partial charge in [-0.3, -0.25) is 0 Å². The number of primary sulfonamides is 1. The summed E-state index contributed by atoms with van der Waals surface area (Å²) in [7, 11) is -3.29. The lowest BCUT2D eigenvalue weighted by Crippen LogP contribution is -2.17. The molecule has 0 heterocycles. The standard InChI is InChI=1S/C8H19NO3S/c1-3-8(2)12-6-4-5-7-13(9,10)11/h8H,3-7H2,1-2H3,(H2,9,10,11). The summed E-state index contributed by atoms with van der Waals surface area (Å²) in [5.41, 5.74) is 0. The van der Waals surface area contributed by atoms with Gasteiger partial charge in [0.05, 0.1) is 11.9 Å². The highest BCUT2D eigenvalue weighted by Crippen LogP contribution is 1.99. The molecule has 0 aliphatic rings. The van der Waals surface area contributed by atoms with Crippen LogP contribution in [0.25, 0.3) is 0 Å². The number of unbranched alkanes of at least 4 members (excludes halogenated alkanes) is 1. The molecule has 80 valence electrons. The highest BCUT2D eigenvalue weighted by Gasteiger charge is 2.02. The SMILES string of the molecule is CCC(C)OCCCCS(N)(=O)=O. The Kier molecular flexibility index (Phi) is 6.28. The van der Waals surface area contributed by atoms with Gasteiger partial charge in [0.1, 0.15) is 0 Å². The maximum absolute atomic E-state index is 10.5. The van der Waals surface area contributed by atoms with Crippen LogP contribution in [0.15, 0.2) is 0 Å². The monoisotopic (exact) mass is 209 g/mol. The number of nitrogens with two attached hydrogens (primary N) is 1. The molecule has 0 aromatic heterocycles. The van der Waals surface area contributed by atoms with Crippen molar-refractivity contribution >= 4 is 10.0 Å². The molecule has 5 heteroatoms. The fourth-order valence-corrected chi connectivity index (χ4v) is 1.41. The zero-order valence-corrected chi connectivity index (χ0v) is 9.14. The highest BCUT2D eigenvalue weighted by molar-refractivity contribution is 7.89. The molecule has 0 saturated heterocycles. The summed E-state index contributed by atoms with van der Waals surface area (Å²) < 4.78 is 26.4. The van der Waals surface area contributed by atoms with E-state index in [4.69, 9.17) is 9.88 Å². The fourth-order valence-electron chi connectivity index (χ4n) is 0.808. The molecule has 0 radical (unpaired) electrons. The lowest BCUT2D eigenvalue weighted by atomic mass is 10.3. The van der Waals surface area contributed by atoms with Crippen LogP contribution in [0.1, 0.15) is 33.1 Å². The molecule has 0 aromatic carbocycles. The number of hydrogen-bond acceptors (Lipinski definition) is 3. The molecular weight excluding hydrogens is 190 g/mol. The lowest BCUT2D eigenvalue weighted by Gasteiger charge is -2.09. The van der Waals surface area contributed by atoms with Gasteiger partial charge in [0.15, 0.2) is 0 Å². The number of sulfonamides is 1. The molecule has 1 atom stereocenters. The van der Waals surface area contributed by atoms with E-state index >= 15 is 0 Å². The first-order chi connectivity index (χ1) is 5.95. The average Bonchev–Trinajstić information content (AvgIpc) is 2.01. The Balaban J connectivity index is 3.27. The van der Waals surface area contributed by atoms with E-state index in [9.17, 15) is 8.42 Å². The first-order valence-electron chi connectivity index (χ1n) is 4.57. The number of rotatable bonds is 7. The summed E-state index contributed by atoms with van der Waals surface area (Å²) in [6.07, 6.45) is 2.57. The third-order valence-corrected chi connectivity index (χ3v) is 2.66. The van der Waals surface area contributed by atoms with Crippen molar-refractivity contribution in [3.05, 3.63) is 0 Å². The Morgan fingerprint density at radius 2 is 2.00 bits per heavy atom. The van der Waals surface area contributed by atoms with Crippen molar-refractivity contribution in [2.24, 2.45) is 5.14 Å². The van der Waals surface area contributed by atoms with Crippen molar-refractivity contribution in [3.8, 4) is 0 Å². The van der Waals surface area contributed by atoms with Crippen molar-refractivity contribution in [3.63, 3.8) is 0 Å². The second-order valence-corrected chi connectivity index (χ2v) is 4.90. The normalized spacial score (nSPS) is 14.4. The summed E-state index contributed by atoms with van der Waals surface area (Å²) in [6.45, 7) is 4.67. The van der Waals surface area contributed by atoms with Crippen molar-refractivity contribution < 1.29 is 13.2 Å². The van der Waals surface area contributed by atoms with Gasteiger partial charge >= 0.3 is 0 Å². The molecular formula is C8H19NO3S. The van der Waals surface area contributed by atoms with Crippen LogP contribution in [0.5, 0.6) is 0 Å². The molecule has 4 nitrogen and oxygen atoms in total. The van der Waals surface area contributed by atoms with Gasteiger partial charge in [-0.05, 0) is 26.2 Å². The van der Waals surface area contributed by atoms with E-state index in [1.807, 2.05) is 6.92 Å². The van der Waals surface area contributed by atoms with Crippen molar-refractivity contribution in [2.75, 3.05) is 12.4 Å². The molecule has 13 heavy (non-hydrogen) atoms. The Morgan fingerprint density at radius 3 is 2.46 bits per heavy atom. The van der Waals surface area contributed by atoms with E-state index in [2.05, 4.69) is 6.92 Å². The number of hydrogen-bond donors (Lipinski definition) is 1. The second-order valence-electron chi connectivity index (χ2n) is 3.16. The van der Waals surface area contributed by atoms with Crippen LogP contribution in [0.2, 0.25) is 0 Å². The maximum atomic E-state index is 10.5. The van der Waals surface area contributed by atoms with Crippen LogP contribution < -0.4 is 5.14 Å². The molecule has 1 unspecified atom stereocenters. The first kappa shape index (κ1) is 12.9. The van der Waals surface area contributed by atoms with Gasteiger partial charge in [-0.2, -0.15) is 0 Å². The lowest BCUT2D eigenvalue weighted by molar-refractivity contribution is 0.0618. The molecule has 0 amide bonds. The quantitative estimate of drug-likeness (QED) is 0.632. The van der Waals surface area contributed by atoms with Crippen LogP contribution in [0.4, 0.5) is 0 Å². The van der Waals surface area contributed by atoms with Gasteiger partial charge in [-0.15, -0.1) is 0 Å². The van der Waals surface area contributed by atoms with Crippen molar-refractivity contribution in [1.29, 1.82) is 0 Å². The van der Waals surface area contributed by atoms with Crippen LogP contribution in [0, 0.1) is 0 Å². The van der Waals surface area contributed by atoms with Gasteiger partial charge in [-0.25, -0.2) is 13.6 Å². The summed E-state index contributed by atoms with van der Waals surface area (Å²) in [4.78, 5) is 0. The summed E-state index contributed by atoms with van der Waals surface area (Å²) in [6, 6.07) is 0. The molecule has 2 N–H and O–H groups in total. The average molecular weight is 209 g/mol. The van der Waals surface area contributed by atoms with Gasteiger partial charge < -0.3 is 4.74 Å². The van der Waals surface area contributed by atoms with Crippen LogP contribution in [0.3, 0.4) is 0 Å². The molecule has 0 fully saturated rings.